The van der Waals surface area contributed by atoms with Crippen LogP contribution in [0.5, 0.6) is 5.75 Å². The van der Waals surface area contributed by atoms with Gasteiger partial charge in [0.25, 0.3) is 0 Å². The van der Waals surface area contributed by atoms with Gasteiger partial charge in [0.2, 0.25) is 5.78 Å². The fourth-order valence-electron chi connectivity index (χ4n) is 2.70. The zero-order valence-electron chi connectivity index (χ0n) is 13.5. The van der Waals surface area contributed by atoms with Crippen molar-refractivity contribution in [1.82, 2.24) is 9.55 Å². The Morgan fingerprint density at radius 1 is 1.09 bits per heavy atom. The molecular weight excluding hydrogens is 288 g/mol. The molecule has 118 valence electrons. The summed E-state index contributed by atoms with van der Waals surface area (Å²) in [4.78, 5) is 17.4. The second-order valence-corrected chi connectivity index (χ2v) is 5.36. The number of hydrogen-bond donors (Lipinski definition) is 0. The van der Waals surface area contributed by atoms with Gasteiger partial charge in [-0.15, -0.1) is 0 Å². The minimum absolute atomic E-state index is 0.0577. The molecule has 0 unspecified atom stereocenters. The van der Waals surface area contributed by atoms with Gasteiger partial charge in [0.1, 0.15) is 5.75 Å². The summed E-state index contributed by atoms with van der Waals surface area (Å²) in [5.74, 6) is 1.21. The summed E-state index contributed by atoms with van der Waals surface area (Å²) in [7, 11) is 0. The Balaban J connectivity index is 2.01. The normalized spacial score (nSPS) is 10.9. The number of imidazole rings is 1. The molecule has 1 aromatic heterocycles. The van der Waals surface area contributed by atoms with Gasteiger partial charge in [0.05, 0.1) is 17.6 Å². The molecule has 0 atom stereocenters. The summed E-state index contributed by atoms with van der Waals surface area (Å²) >= 11 is 0. The van der Waals surface area contributed by atoms with Gasteiger partial charge in [-0.2, -0.15) is 0 Å². The minimum atomic E-state index is -0.0577. The number of aryl methyl sites for hydroxylation is 1. The SMILES string of the molecule is CCCn1c(C(=O)c2ccc(OCC)cc2)nc2ccccc21. The van der Waals surface area contributed by atoms with Crippen molar-refractivity contribution in [2.45, 2.75) is 26.8 Å². The summed E-state index contributed by atoms with van der Waals surface area (Å²) in [5, 5.41) is 0. The van der Waals surface area contributed by atoms with E-state index in [-0.39, 0.29) is 5.78 Å². The number of aromatic nitrogens is 2. The first kappa shape index (κ1) is 15.3. The van der Waals surface area contributed by atoms with Gasteiger partial charge in [0.15, 0.2) is 5.82 Å². The highest BCUT2D eigenvalue weighted by atomic mass is 16.5. The Morgan fingerprint density at radius 3 is 2.52 bits per heavy atom. The predicted molar refractivity (Wildman–Crippen MR) is 91.1 cm³/mol. The van der Waals surface area contributed by atoms with Crippen molar-refractivity contribution in [3.05, 3.63) is 59.9 Å². The number of carbonyl (C=O) groups excluding carboxylic acids is 1. The van der Waals surface area contributed by atoms with E-state index in [4.69, 9.17) is 4.74 Å². The number of hydrogen-bond acceptors (Lipinski definition) is 3. The molecule has 3 rings (SSSR count). The van der Waals surface area contributed by atoms with E-state index < -0.39 is 0 Å². The maximum atomic E-state index is 12.9. The van der Waals surface area contributed by atoms with Crippen molar-refractivity contribution in [3.63, 3.8) is 0 Å². The highest BCUT2D eigenvalue weighted by molar-refractivity contribution is 6.08. The first-order valence-corrected chi connectivity index (χ1v) is 7.97. The quantitative estimate of drug-likeness (QED) is 0.645. The van der Waals surface area contributed by atoms with Crippen LogP contribution in [0.3, 0.4) is 0 Å². The van der Waals surface area contributed by atoms with Gasteiger partial charge in [-0.1, -0.05) is 19.1 Å². The first-order chi connectivity index (χ1) is 11.2. The average molecular weight is 308 g/mol. The number of carbonyl (C=O) groups is 1. The molecule has 4 nitrogen and oxygen atoms in total. The second-order valence-electron chi connectivity index (χ2n) is 5.36. The van der Waals surface area contributed by atoms with Crippen LogP contribution in [0.4, 0.5) is 0 Å². The standard InChI is InChI=1S/C19H20N2O2/c1-3-13-21-17-8-6-5-7-16(17)20-19(21)18(22)14-9-11-15(12-10-14)23-4-2/h5-12H,3-4,13H2,1-2H3. The third-order valence-corrected chi connectivity index (χ3v) is 3.73. The zero-order valence-corrected chi connectivity index (χ0v) is 13.5. The molecule has 0 aliphatic rings. The number of nitrogens with zero attached hydrogens (tertiary/aromatic N) is 2. The number of ketones is 1. The van der Waals surface area contributed by atoms with Crippen LogP contribution in [0, 0.1) is 0 Å². The third-order valence-electron chi connectivity index (χ3n) is 3.73. The highest BCUT2D eigenvalue weighted by Crippen LogP contribution is 2.20. The maximum absolute atomic E-state index is 12.9. The third kappa shape index (κ3) is 2.97. The van der Waals surface area contributed by atoms with Crippen molar-refractivity contribution >= 4 is 16.8 Å². The van der Waals surface area contributed by atoms with E-state index in [9.17, 15) is 4.79 Å². The summed E-state index contributed by atoms with van der Waals surface area (Å²) in [6, 6.07) is 15.1. The second kappa shape index (κ2) is 6.65. The molecule has 0 aliphatic heterocycles. The number of rotatable bonds is 6. The van der Waals surface area contributed by atoms with E-state index in [1.807, 2.05) is 47.9 Å². The van der Waals surface area contributed by atoms with Crippen LogP contribution in [0.1, 0.15) is 36.5 Å². The Morgan fingerprint density at radius 2 is 1.83 bits per heavy atom. The van der Waals surface area contributed by atoms with Crippen LogP contribution in [-0.4, -0.2) is 21.9 Å². The Bertz CT molecular complexity index is 819. The van der Waals surface area contributed by atoms with Gasteiger partial charge in [-0.3, -0.25) is 4.79 Å². The molecule has 0 saturated carbocycles. The number of para-hydroxylation sites is 2. The maximum Gasteiger partial charge on any atom is 0.228 e. The lowest BCUT2D eigenvalue weighted by Gasteiger charge is -2.08. The van der Waals surface area contributed by atoms with Gasteiger partial charge in [-0.25, -0.2) is 4.98 Å². The molecule has 2 aromatic carbocycles. The molecule has 23 heavy (non-hydrogen) atoms. The fourth-order valence-corrected chi connectivity index (χ4v) is 2.70. The molecule has 0 spiro atoms. The lowest BCUT2D eigenvalue weighted by molar-refractivity contribution is 0.102. The van der Waals surface area contributed by atoms with Crippen molar-refractivity contribution < 1.29 is 9.53 Å². The zero-order chi connectivity index (χ0) is 16.2. The van der Waals surface area contributed by atoms with Crippen molar-refractivity contribution in [3.8, 4) is 5.75 Å². The highest BCUT2D eigenvalue weighted by Gasteiger charge is 2.18. The van der Waals surface area contributed by atoms with Crippen molar-refractivity contribution in [2.24, 2.45) is 0 Å². The van der Waals surface area contributed by atoms with E-state index in [2.05, 4.69) is 11.9 Å². The van der Waals surface area contributed by atoms with Gasteiger partial charge < -0.3 is 9.30 Å². The summed E-state index contributed by atoms with van der Waals surface area (Å²) in [6.07, 6.45) is 0.948. The molecule has 4 heteroatoms. The van der Waals surface area contributed by atoms with E-state index in [1.54, 1.807) is 12.1 Å². The number of benzene rings is 2. The summed E-state index contributed by atoms with van der Waals surface area (Å²) in [5.41, 5.74) is 2.49. The predicted octanol–water partition coefficient (Wildman–Crippen LogP) is 4.08. The number of fused-ring (bicyclic) bond motifs is 1. The van der Waals surface area contributed by atoms with E-state index in [1.165, 1.54) is 0 Å². The molecule has 3 aromatic rings. The lowest BCUT2D eigenvalue weighted by Crippen LogP contribution is -2.11. The van der Waals surface area contributed by atoms with Crippen LogP contribution in [-0.2, 0) is 6.54 Å². The Hall–Kier alpha value is -2.62. The number of ether oxygens (including phenoxy) is 1. The van der Waals surface area contributed by atoms with Crippen LogP contribution in [0.25, 0.3) is 11.0 Å². The fraction of sp³-hybridized carbons (Fsp3) is 0.263. The van der Waals surface area contributed by atoms with E-state index in [0.29, 0.717) is 18.0 Å². The average Bonchev–Trinajstić information content (AvgIpc) is 2.94. The van der Waals surface area contributed by atoms with Gasteiger partial charge >= 0.3 is 0 Å². The largest absolute Gasteiger partial charge is 0.494 e. The molecule has 0 saturated heterocycles. The van der Waals surface area contributed by atoms with Crippen molar-refractivity contribution in [1.29, 1.82) is 0 Å². The smallest absolute Gasteiger partial charge is 0.228 e. The molecule has 0 bridgehead atoms. The van der Waals surface area contributed by atoms with Crippen molar-refractivity contribution in [2.75, 3.05) is 6.61 Å². The van der Waals surface area contributed by atoms with Crippen LogP contribution >= 0.6 is 0 Å². The summed E-state index contributed by atoms with van der Waals surface area (Å²) in [6.45, 7) is 5.42. The Kier molecular flexibility index (Phi) is 4.42. The first-order valence-electron chi connectivity index (χ1n) is 7.97. The van der Waals surface area contributed by atoms with Gasteiger partial charge in [0, 0.05) is 12.1 Å². The van der Waals surface area contributed by atoms with Crippen LogP contribution in [0.2, 0.25) is 0 Å². The Labute approximate surface area is 135 Å². The van der Waals surface area contributed by atoms with E-state index >= 15 is 0 Å². The topological polar surface area (TPSA) is 44.1 Å². The van der Waals surface area contributed by atoms with Crippen LogP contribution in [0.15, 0.2) is 48.5 Å². The molecule has 0 N–H and O–H groups in total. The molecule has 0 aliphatic carbocycles. The van der Waals surface area contributed by atoms with Gasteiger partial charge in [-0.05, 0) is 49.7 Å². The lowest BCUT2D eigenvalue weighted by atomic mass is 10.1. The summed E-state index contributed by atoms with van der Waals surface area (Å²) < 4.78 is 7.43. The van der Waals surface area contributed by atoms with E-state index in [0.717, 1.165) is 29.7 Å². The molecule has 0 radical (unpaired) electrons. The monoisotopic (exact) mass is 308 g/mol. The molecular formula is C19H20N2O2. The van der Waals surface area contributed by atoms with Crippen LogP contribution < -0.4 is 4.74 Å². The molecule has 1 heterocycles. The molecule has 0 fully saturated rings. The molecule has 0 amide bonds. The minimum Gasteiger partial charge on any atom is -0.494 e.